The number of likely N-dealkylation sites (tertiary alicyclic amines) is 1. The van der Waals surface area contributed by atoms with Crippen LogP contribution in [0.25, 0.3) is 0 Å². The summed E-state index contributed by atoms with van der Waals surface area (Å²) in [5.74, 6) is -0.881. The highest BCUT2D eigenvalue weighted by molar-refractivity contribution is 5.83. The molecular formula is C26H31NO9. The molecule has 1 N–H and O–H groups in total. The summed E-state index contributed by atoms with van der Waals surface area (Å²) in [7, 11) is 3.58. The van der Waals surface area contributed by atoms with Crippen molar-refractivity contribution >= 4 is 17.9 Å². The van der Waals surface area contributed by atoms with E-state index in [1.807, 2.05) is 19.2 Å². The van der Waals surface area contributed by atoms with Crippen molar-refractivity contribution < 1.29 is 43.2 Å². The molecule has 2 aliphatic heterocycles. The lowest BCUT2D eigenvalue weighted by molar-refractivity contribution is -0.179. The van der Waals surface area contributed by atoms with Crippen molar-refractivity contribution in [3.8, 4) is 11.5 Å². The van der Waals surface area contributed by atoms with Crippen LogP contribution in [0.5, 0.6) is 11.5 Å². The largest absolute Gasteiger partial charge is 0.493 e. The van der Waals surface area contributed by atoms with Crippen LogP contribution in [0.2, 0.25) is 0 Å². The number of esters is 3. The van der Waals surface area contributed by atoms with Crippen LogP contribution in [0.1, 0.15) is 44.7 Å². The summed E-state index contributed by atoms with van der Waals surface area (Å²) < 4.78 is 27.7. The van der Waals surface area contributed by atoms with Crippen LogP contribution in [-0.2, 0) is 40.4 Å². The summed E-state index contributed by atoms with van der Waals surface area (Å²) in [6.07, 6.45) is 0.105. The summed E-state index contributed by atoms with van der Waals surface area (Å²) in [4.78, 5) is 38.4. The molecule has 4 aliphatic rings. The molecule has 194 valence electrons. The van der Waals surface area contributed by atoms with Crippen molar-refractivity contribution in [3.05, 3.63) is 35.1 Å². The van der Waals surface area contributed by atoms with Gasteiger partial charge in [0.15, 0.2) is 29.8 Å². The van der Waals surface area contributed by atoms with Crippen LogP contribution in [0.15, 0.2) is 24.0 Å². The van der Waals surface area contributed by atoms with Crippen LogP contribution >= 0.6 is 0 Å². The maximum Gasteiger partial charge on any atom is 0.352 e. The molecular weight excluding hydrogens is 470 g/mol. The summed E-state index contributed by atoms with van der Waals surface area (Å²) in [5.41, 5.74) is 0.0808. The maximum absolute atomic E-state index is 12.9. The molecule has 1 saturated heterocycles. The van der Waals surface area contributed by atoms with E-state index in [0.717, 1.165) is 17.7 Å². The Bertz CT molecular complexity index is 1160. The van der Waals surface area contributed by atoms with Gasteiger partial charge in [-0.05, 0) is 58.0 Å². The lowest BCUT2D eigenvalue weighted by Crippen LogP contribution is -2.74. The minimum absolute atomic E-state index is 0.125. The normalized spacial score (nSPS) is 31.2. The number of likely N-dealkylation sites (N-methyl/N-ethyl adjacent to an activating group) is 1. The average molecular weight is 502 g/mol. The van der Waals surface area contributed by atoms with Gasteiger partial charge in [-0.1, -0.05) is 6.07 Å². The number of carbonyl (C=O) groups is 3. The molecule has 2 heterocycles. The number of piperidine rings is 1. The Balaban J connectivity index is 1.45. The summed E-state index contributed by atoms with van der Waals surface area (Å²) in [6, 6.07) is 3.76. The summed E-state index contributed by atoms with van der Waals surface area (Å²) in [6.45, 7) is 4.67. The molecule has 1 spiro atoms. The van der Waals surface area contributed by atoms with Gasteiger partial charge in [-0.2, -0.15) is 0 Å². The maximum atomic E-state index is 12.9. The minimum atomic E-state index is -1.25. The Hall–Kier alpha value is -3.11. The predicted molar refractivity (Wildman–Crippen MR) is 124 cm³/mol. The Morgan fingerprint density at radius 2 is 1.89 bits per heavy atom. The zero-order valence-electron chi connectivity index (χ0n) is 21.0. The van der Waals surface area contributed by atoms with Gasteiger partial charge < -0.3 is 33.7 Å². The number of rotatable bonds is 6. The lowest BCUT2D eigenvalue weighted by atomic mass is 9.50. The second-order valence-electron chi connectivity index (χ2n) is 10.0. The van der Waals surface area contributed by atoms with Gasteiger partial charge in [0.25, 0.3) is 0 Å². The van der Waals surface area contributed by atoms with Gasteiger partial charge in [-0.3, -0.25) is 4.79 Å². The van der Waals surface area contributed by atoms with Gasteiger partial charge in [-0.15, -0.1) is 0 Å². The Kier molecular flexibility index (Phi) is 5.79. The van der Waals surface area contributed by atoms with Crippen molar-refractivity contribution in [2.75, 3.05) is 20.7 Å². The zero-order chi connectivity index (χ0) is 26.0. The van der Waals surface area contributed by atoms with E-state index < -0.39 is 47.2 Å². The quantitative estimate of drug-likeness (QED) is 0.452. The third-order valence-electron chi connectivity index (χ3n) is 8.08. The molecule has 1 fully saturated rings. The van der Waals surface area contributed by atoms with Gasteiger partial charge in [0, 0.05) is 24.9 Å². The number of carbonyl (C=O) groups excluding carboxylic acids is 3. The van der Waals surface area contributed by atoms with E-state index in [4.69, 9.17) is 23.7 Å². The van der Waals surface area contributed by atoms with E-state index in [-0.39, 0.29) is 18.2 Å². The number of benzene rings is 1. The molecule has 0 unspecified atom stereocenters. The third kappa shape index (κ3) is 3.34. The fraction of sp³-hybridized carbons (Fsp3) is 0.577. The van der Waals surface area contributed by atoms with E-state index in [1.54, 1.807) is 13.2 Å². The fourth-order valence-electron chi connectivity index (χ4n) is 6.40. The van der Waals surface area contributed by atoms with Crippen LogP contribution in [0.3, 0.4) is 0 Å². The number of hydrogen-bond acceptors (Lipinski definition) is 10. The van der Waals surface area contributed by atoms with E-state index in [9.17, 15) is 19.5 Å². The Morgan fingerprint density at radius 1 is 1.17 bits per heavy atom. The van der Waals surface area contributed by atoms with Crippen molar-refractivity contribution in [2.24, 2.45) is 0 Å². The molecule has 0 amide bonds. The molecule has 1 aromatic rings. The molecule has 6 atom stereocenters. The minimum Gasteiger partial charge on any atom is -0.493 e. The van der Waals surface area contributed by atoms with Gasteiger partial charge in [0.1, 0.15) is 5.76 Å². The van der Waals surface area contributed by atoms with Crippen LogP contribution in [0, 0.1) is 0 Å². The average Bonchev–Trinajstić information content (AvgIpc) is 3.18. The number of nitrogens with zero attached hydrogens (tertiary/aromatic N) is 1. The van der Waals surface area contributed by atoms with Crippen molar-refractivity contribution in [1.29, 1.82) is 0 Å². The third-order valence-corrected chi connectivity index (χ3v) is 8.08. The molecule has 0 radical (unpaired) electrons. The SMILES string of the molecule is COc1ccc2c3c1O[C@H]1C(OC(=O)[C@H](C)OC(=O)[C@H](C)OC(C)=O)=CC[C@@]4(O)[C@H](C2)N(C)CC[C@]314. The molecule has 1 aromatic carbocycles. The van der Waals surface area contributed by atoms with Crippen LogP contribution in [0.4, 0.5) is 0 Å². The molecule has 10 heteroatoms. The smallest absolute Gasteiger partial charge is 0.352 e. The fourth-order valence-corrected chi connectivity index (χ4v) is 6.40. The van der Waals surface area contributed by atoms with Crippen LogP contribution < -0.4 is 9.47 Å². The van der Waals surface area contributed by atoms with Crippen molar-refractivity contribution in [3.63, 3.8) is 0 Å². The van der Waals surface area contributed by atoms with E-state index in [1.165, 1.54) is 20.8 Å². The molecule has 5 rings (SSSR count). The first-order chi connectivity index (χ1) is 17.0. The first-order valence-electron chi connectivity index (χ1n) is 12.1. The molecule has 2 bridgehead atoms. The van der Waals surface area contributed by atoms with Crippen LogP contribution in [-0.4, -0.2) is 78.6 Å². The number of aliphatic hydroxyl groups is 1. The predicted octanol–water partition coefficient (Wildman–Crippen LogP) is 1.40. The van der Waals surface area contributed by atoms with Gasteiger partial charge in [0.05, 0.1) is 18.1 Å². The molecule has 2 aliphatic carbocycles. The molecule has 10 nitrogen and oxygen atoms in total. The first-order valence-corrected chi connectivity index (χ1v) is 12.1. The summed E-state index contributed by atoms with van der Waals surface area (Å²) >= 11 is 0. The van der Waals surface area contributed by atoms with E-state index in [2.05, 4.69) is 4.90 Å². The monoisotopic (exact) mass is 501 g/mol. The van der Waals surface area contributed by atoms with Crippen molar-refractivity contribution in [1.82, 2.24) is 4.90 Å². The summed E-state index contributed by atoms with van der Waals surface area (Å²) in [5, 5.41) is 12.2. The van der Waals surface area contributed by atoms with Crippen molar-refractivity contribution in [2.45, 2.75) is 75.4 Å². The zero-order valence-corrected chi connectivity index (χ0v) is 21.0. The standard InChI is InChI=1S/C26H31NO9/c1-13(33-15(3)28)23(29)34-14(2)24(30)35-18-8-9-26(31)19-12-16-6-7-17(32-5)21-20(16)25(26,22(18)36-21)10-11-27(19)4/h6-8,13-14,19,22,31H,9-12H2,1-5H3/t13-,14-,19-,22-,25-,26+/m0/s1. The number of ether oxygens (including phenoxy) is 5. The highest BCUT2D eigenvalue weighted by Gasteiger charge is 2.72. The highest BCUT2D eigenvalue weighted by Crippen LogP contribution is 2.65. The van der Waals surface area contributed by atoms with E-state index >= 15 is 0 Å². The number of methoxy groups -OCH3 is 1. The van der Waals surface area contributed by atoms with E-state index in [0.29, 0.717) is 24.3 Å². The van der Waals surface area contributed by atoms with Gasteiger partial charge in [-0.25, -0.2) is 9.59 Å². The lowest BCUT2D eigenvalue weighted by Gasteiger charge is -2.61. The first kappa shape index (κ1) is 24.6. The Morgan fingerprint density at radius 3 is 2.58 bits per heavy atom. The highest BCUT2D eigenvalue weighted by atomic mass is 16.6. The second kappa shape index (κ2) is 8.48. The van der Waals surface area contributed by atoms with Gasteiger partial charge in [0.2, 0.25) is 0 Å². The molecule has 36 heavy (non-hydrogen) atoms. The second-order valence-corrected chi connectivity index (χ2v) is 10.0. The Labute approximate surface area is 209 Å². The number of hydrogen-bond donors (Lipinski definition) is 1. The topological polar surface area (TPSA) is 121 Å². The molecule has 0 aromatic heterocycles. The van der Waals surface area contributed by atoms with Gasteiger partial charge >= 0.3 is 17.9 Å². The molecule has 0 saturated carbocycles.